The Morgan fingerprint density at radius 1 is 1.25 bits per heavy atom. The van der Waals surface area contributed by atoms with Gasteiger partial charge in [-0.15, -0.1) is 0 Å². The van der Waals surface area contributed by atoms with E-state index in [0.717, 1.165) is 30.6 Å². The Bertz CT molecular complexity index is 625. The second kappa shape index (κ2) is 5.07. The maximum atomic E-state index is 10.4. The fourth-order valence-corrected chi connectivity index (χ4v) is 8.30. The lowest BCUT2D eigenvalue weighted by Gasteiger charge is -2.59. The zero-order valence-corrected chi connectivity index (χ0v) is 15.9. The van der Waals surface area contributed by atoms with E-state index in [9.17, 15) is 5.11 Å². The largest absolute Gasteiger partial charge is 0.486 e. The first-order valence-electron chi connectivity index (χ1n) is 9.79. The Morgan fingerprint density at radius 2 is 2.08 bits per heavy atom. The first-order chi connectivity index (χ1) is 11.4. The molecular formula is C21H30O2S. The molecule has 4 aliphatic carbocycles. The van der Waals surface area contributed by atoms with E-state index in [1.807, 2.05) is 11.8 Å². The van der Waals surface area contributed by atoms with Crippen molar-refractivity contribution < 1.29 is 9.84 Å². The Balaban J connectivity index is 1.50. The molecule has 8 atom stereocenters. The summed E-state index contributed by atoms with van der Waals surface area (Å²) in [5, 5.41) is 10.4. The van der Waals surface area contributed by atoms with Gasteiger partial charge in [0.15, 0.2) is 0 Å². The molecule has 1 heterocycles. The van der Waals surface area contributed by atoms with E-state index in [2.05, 4.69) is 32.9 Å². The molecule has 0 bridgehead atoms. The molecule has 2 nitrogen and oxygen atoms in total. The van der Waals surface area contributed by atoms with Crippen molar-refractivity contribution in [3.63, 3.8) is 0 Å². The Labute approximate surface area is 150 Å². The van der Waals surface area contributed by atoms with Crippen LogP contribution in [0.15, 0.2) is 22.8 Å². The Morgan fingerprint density at radius 3 is 2.92 bits per heavy atom. The molecule has 132 valence electrons. The van der Waals surface area contributed by atoms with Crippen LogP contribution in [0.2, 0.25) is 0 Å². The van der Waals surface area contributed by atoms with Crippen LogP contribution in [-0.4, -0.2) is 17.1 Å². The maximum absolute atomic E-state index is 10.4. The van der Waals surface area contributed by atoms with E-state index in [-0.39, 0.29) is 6.10 Å². The first-order valence-corrected chi connectivity index (χ1v) is 10.8. The van der Waals surface area contributed by atoms with Crippen molar-refractivity contribution in [3.8, 4) is 0 Å². The zero-order valence-electron chi connectivity index (χ0n) is 15.1. The van der Waals surface area contributed by atoms with Crippen LogP contribution in [0, 0.1) is 40.4 Å². The van der Waals surface area contributed by atoms with Crippen LogP contribution >= 0.6 is 11.8 Å². The van der Waals surface area contributed by atoms with Crippen molar-refractivity contribution in [2.45, 2.75) is 59.0 Å². The SMILES string of the molecule is C[C@@H]1C[C@]2(C)C3CC[C@]4(C)C5=C(CC4C3C=C[C@H]2C[C@H]1O)OCS5. The third kappa shape index (κ3) is 1.89. The van der Waals surface area contributed by atoms with Gasteiger partial charge in [-0.05, 0) is 60.7 Å². The van der Waals surface area contributed by atoms with Gasteiger partial charge in [0.25, 0.3) is 0 Å². The second-order valence-electron chi connectivity index (χ2n) is 9.59. The van der Waals surface area contributed by atoms with Crippen molar-refractivity contribution in [1.82, 2.24) is 0 Å². The lowest BCUT2D eigenvalue weighted by atomic mass is 9.46. The average Bonchev–Trinajstić information content (AvgIpc) is 3.10. The average molecular weight is 347 g/mol. The van der Waals surface area contributed by atoms with Crippen molar-refractivity contribution in [3.05, 3.63) is 22.8 Å². The van der Waals surface area contributed by atoms with Gasteiger partial charge in [-0.3, -0.25) is 0 Å². The van der Waals surface area contributed by atoms with Crippen LogP contribution in [0.25, 0.3) is 0 Å². The monoisotopic (exact) mass is 346 g/mol. The number of ether oxygens (including phenoxy) is 1. The van der Waals surface area contributed by atoms with Crippen LogP contribution in [0.5, 0.6) is 0 Å². The van der Waals surface area contributed by atoms with Gasteiger partial charge in [0, 0.05) is 16.7 Å². The molecule has 1 N–H and O–H groups in total. The molecule has 2 saturated carbocycles. The number of rotatable bonds is 0. The van der Waals surface area contributed by atoms with Gasteiger partial charge in [-0.1, -0.05) is 44.7 Å². The van der Waals surface area contributed by atoms with Gasteiger partial charge in [0.2, 0.25) is 0 Å². The molecule has 0 aromatic heterocycles. The summed E-state index contributed by atoms with van der Waals surface area (Å²) in [6.45, 7) is 7.29. The van der Waals surface area contributed by atoms with Crippen molar-refractivity contribution >= 4 is 11.8 Å². The quantitative estimate of drug-likeness (QED) is 0.629. The standard InChI is InChI=1S/C21H30O2S/c1-12-10-21(3)13(8-17(12)22)4-5-14-15(21)6-7-20(2)16(14)9-18-19(20)24-11-23-18/h4-5,12-17,22H,6-11H2,1-3H3/t12-,13+,14?,15?,16?,17-,20+,21+/m1/s1. The van der Waals surface area contributed by atoms with Gasteiger partial charge in [0.05, 0.1) is 6.10 Å². The summed E-state index contributed by atoms with van der Waals surface area (Å²) in [6, 6.07) is 0. The maximum Gasteiger partial charge on any atom is 0.138 e. The second-order valence-corrected chi connectivity index (χ2v) is 10.5. The zero-order chi connectivity index (χ0) is 16.7. The summed E-state index contributed by atoms with van der Waals surface area (Å²) in [4.78, 5) is 1.58. The van der Waals surface area contributed by atoms with E-state index in [1.54, 1.807) is 4.91 Å². The van der Waals surface area contributed by atoms with Crippen LogP contribution in [-0.2, 0) is 4.74 Å². The fraction of sp³-hybridized carbons (Fsp3) is 0.810. The van der Waals surface area contributed by atoms with E-state index in [4.69, 9.17) is 4.74 Å². The van der Waals surface area contributed by atoms with Crippen LogP contribution < -0.4 is 0 Å². The minimum absolute atomic E-state index is 0.111. The van der Waals surface area contributed by atoms with E-state index in [0.29, 0.717) is 28.6 Å². The number of thioether (sulfide) groups is 1. The molecule has 0 aromatic carbocycles. The number of hydrogen-bond acceptors (Lipinski definition) is 3. The summed E-state index contributed by atoms with van der Waals surface area (Å²) in [5.41, 5.74) is 0.728. The molecular weight excluding hydrogens is 316 g/mol. The molecule has 2 fully saturated rings. The molecule has 0 radical (unpaired) electrons. The Kier molecular flexibility index (Phi) is 3.34. The summed E-state index contributed by atoms with van der Waals surface area (Å²) in [5.74, 6) is 5.38. The lowest BCUT2D eigenvalue weighted by molar-refractivity contribution is -0.0856. The van der Waals surface area contributed by atoms with E-state index in [1.165, 1.54) is 25.0 Å². The minimum atomic E-state index is -0.111. The van der Waals surface area contributed by atoms with Gasteiger partial charge in [-0.25, -0.2) is 0 Å². The fourth-order valence-electron chi connectivity index (χ4n) is 7.09. The van der Waals surface area contributed by atoms with Crippen LogP contribution in [0.4, 0.5) is 0 Å². The van der Waals surface area contributed by atoms with Gasteiger partial charge >= 0.3 is 0 Å². The molecule has 24 heavy (non-hydrogen) atoms. The highest BCUT2D eigenvalue weighted by Crippen LogP contribution is 2.68. The van der Waals surface area contributed by atoms with Crippen molar-refractivity contribution in [2.24, 2.45) is 40.4 Å². The molecule has 1 aliphatic heterocycles. The van der Waals surface area contributed by atoms with E-state index < -0.39 is 0 Å². The minimum Gasteiger partial charge on any atom is -0.486 e. The first kappa shape index (κ1) is 15.8. The summed E-state index contributed by atoms with van der Waals surface area (Å²) in [7, 11) is 0. The summed E-state index contributed by atoms with van der Waals surface area (Å²) >= 11 is 1.96. The van der Waals surface area contributed by atoms with Crippen molar-refractivity contribution in [1.29, 1.82) is 0 Å². The number of fused-ring (bicyclic) bond motifs is 6. The Hall–Kier alpha value is -0.410. The number of aliphatic hydroxyl groups is 1. The highest BCUT2D eigenvalue weighted by atomic mass is 32.2. The summed E-state index contributed by atoms with van der Waals surface area (Å²) in [6.07, 6.45) is 10.9. The molecule has 5 aliphatic rings. The van der Waals surface area contributed by atoms with Gasteiger partial charge in [-0.2, -0.15) is 0 Å². The molecule has 0 saturated heterocycles. The van der Waals surface area contributed by atoms with Gasteiger partial charge < -0.3 is 9.84 Å². The normalized spacial score (nSPS) is 55.5. The van der Waals surface area contributed by atoms with Gasteiger partial charge in [0.1, 0.15) is 11.7 Å². The molecule has 5 rings (SSSR count). The third-order valence-electron chi connectivity index (χ3n) is 8.51. The molecule has 3 heteroatoms. The number of allylic oxidation sites excluding steroid dienone is 4. The molecule has 3 unspecified atom stereocenters. The predicted molar refractivity (Wildman–Crippen MR) is 98.1 cm³/mol. The third-order valence-corrected chi connectivity index (χ3v) is 9.73. The topological polar surface area (TPSA) is 29.5 Å². The van der Waals surface area contributed by atoms with Crippen molar-refractivity contribution in [2.75, 3.05) is 5.94 Å². The highest BCUT2D eigenvalue weighted by Gasteiger charge is 2.60. The predicted octanol–water partition coefficient (Wildman–Crippen LogP) is 4.95. The molecule has 0 aromatic rings. The van der Waals surface area contributed by atoms with Crippen LogP contribution in [0.1, 0.15) is 52.9 Å². The lowest BCUT2D eigenvalue weighted by Crippen LogP contribution is -2.53. The summed E-state index contributed by atoms with van der Waals surface area (Å²) < 4.78 is 5.96. The van der Waals surface area contributed by atoms with E-state index >= 15 is 0 Å². The molecule has 0 spiro atoms. The van der Waals surface area contributed by atoms with Crippen LogP contribution in [0.3, 0.4) is 0 Å². The number of hydrogen-bond donors (Lipinski definition) is 1. The number of aliphatic hydroxyl groups excluding tert-OH is 1. The highest BCUT2D eigenvalue weighted by molar-refractivity contribution is 8.03. The molecule has 0 amide bonds. The smallest absolute Gasteiger partial charge is 0.138 e.